The van der Waals surface area contributed by atoms with E-state index in [2.05, 4.69) is 11.9 Å². The van der Waals surface area contributed by atoms with Crippen molar-refractivity contribution in [3.05, 3.63) is 0 Å². The maximum absolute atomic E-state index is 8.57. The number of unbranched alkanes of at least 4 members (excludes halogenated alkanes) is 2. The SMILES string of the molecule is CN(CCCCCO)CCOCCO. The fourth-order valence-electron chi connectivity index (χ4n) is 1.17. The van der Waals surface area contributed by atoms with E-state index in [0.717, 1.165) is 32.4 Å². The highest BCUT2D eigenvalue weighted by molar-refractivity contribution is 4.51. The first-order chi connectivity index (χ1) is 6.81. The van der Waals surface area contributed by atoms with E-state index in [9.17, 15) is 0 Å². The Morgan fingerprint density at radius 3 is 2.36 bits per heavy atom. The lowest BCUT2D eigenvalue weighted by molar-refractivity contribution is 0.0781. The smallest absolute Gasteiger partial charge is 0.0698 e. The summed E-state index contributed by atoms with van der Waals surface area (Å²) in [6.45, 7) is 3.45. The van der Waals surface area contributed by atoms with Crippen LogP contribution in [0.1, 0.15) is 19.3 Å². The average Bonchev–Trinajstić information content (AvgIpc) is 2.19. The minimum atomic E-state index is 0.0974. The largest absolute Gasteiger partial charge is 0.396 e. The van der Waals surface area contributed by atoms with Crippen molar-refractivity contribution in [2.24, 2.45) is 0 Å². The molecule has 0 saturated carbocycles. The molecule has 0 aliphatic carbocycles. The van der Waals surface area contributed by atoms with Gasteiger partial charge in [-0.3, -0.25) is 0 Å². The van der Waals surface area contributed by atoms with Crippen LogP contribution in [0.15, 0.2) is 0 Å². The summed E-state index contributed by atoms with van der Waals surface area (Å²) in [7, 11) is 2.06. The van der Waals surface area contributed by atoms with E-state index in [1.54, 1.807) is 0 Å². The third-order valence-corrected chi connectivity index (χ3v) is 2.05. The molecule has 86 valence electrons. The van der Waals surface area contributed by atoms with Gasteiger partial charge in [0.15, 0.2) is 0 Å². The van der Waals surface area contributed by atoms with Crippen molar-refractivity contribution in [3.8, 4) is 0 Å². The standard InChI is InChI=1S/C10H23NO3/c1-11(5-3-2-4-7-12)6-9-14-10-8-13/h12-13H,2-10H2,1H3. The highest BCUT2D eigenvalue weighted by Crippen LogP contribution is 1.96. The molecule has 2 N–H and O–H groups in total. The third-order valence-electron chi connectivity index (χ3n) is 2.05. The summed E-state index contributed by atoms with van der Waals surface area (Å²) in [5.74, 6) is 0. The third kappa shape index (κ3) is 9.92. The van der Waals surface area contributed by atoms with Crippen LogP contribution in [-0.4, -0.2) is 61.7 Å². The van der Waals surface area contributed by atoms with Gasteiger partial charge in [0.25, 0.3) is 0 Å². The van der Waals surface area contributed by atoms with Crippen LogP contribution in [0.25, 0.3) is 0 Å². The molecule has 0 aromatic rings. The Kier molecular flexibility index (Phi) is 10.8. The summed E-state index contributed by atoms with van der Waals surface area (Å²) in [6, 6.07) is 0. The number of hydrogen-bond acceptors (Lipinski definition) is 4. The van der Waals surface area contributed by atoms with E-state index in [0.29, 0.717) is 19.8 Å². The molecule has 0 aromatic heterocycles. The zero-order valence-electron chi connectivity index (χ0n) is 9.11. The van der Waals surface area contributed by atoms with Gasteiger partial charge >= 0.3 is 0 Å². The first kappa shape index (κ1) is 13.8. The fraction of sp³-hybridized carbons (Fsp3) is 1.00. The minimum absolute atomic E-state index is 0.0974. The second-order valence-corrected chi connectivity index (χ2v) is 3.42. The second kappa shape index (κ2) is 10.9. The van der Waals surface area contributed by atoms with Crippen molar-refractivity contribution in [2.75, 3.05) is 46.6 Å². The van der Waals surface area contributed by atoms with Crippen molar-refractivity contribution in [1.82, 2.24) is 4.90 Å². The molecule has 0 radical (unpaired) electrons. The van der Waals surface area contributed by atoms with Gasteiger partial charge in [-0.1, -0.05) is 0 Å². The second-order valence-electron chi connectivity index (χ2n) is 3.42. The molecule has 0 aliphatic rings. The first-order valence-electron chi connectivity index (χ1n) is 5.29. The van der Waals surface area contributed by atoms with Gasteiger partial charge in [-0.15, -0.1) is 0 Å². The zero-order valence-corrected chi connectivity index (χ0v) is 9.11. The van der Waals surface area contributed by atoms with Crippen LogP contribution in [0, 0.1) is 0 Å². The molecule has 0 heterocycles. The van der Waals surface area contributed by atoms with E-state index in [1.165, 1.54) is 0 Å². The van der Waals surface area contributed by atoms with Gasteiger partial charge in [-0.05, 0) is 32.9 Å². The lowest BCUT2D eigenvalue weighted by atomic mass is 10.2. The van der Waals surface area contributed by atoms with Crippen molar-refractivity contribution < 1.29 is 14.9 Å². The summed E-state index contributed by atoms with van der Waals surface area (Å²) in [6.07, 6.45) is 3.10. The van der Waals surface area contributed by atoms with E-state index in [4.69, 9.17) is 14.9 Å². The van der Waals surface area contributed by atoms with E-state index >= 15 is 0 Å². The molecule has 0 unspecified atom stereocenters. The summed E-state index contributed by atoms with van der Waals surface area (Å²) in [5.41, 5.74) is 0. The Balaban J connectivity index is 3.07. The number of rotatable bonds is 10. The Bertz CT molecular complexity index is 99.5. The molecule has 0 bridgehead atoms. The lowest BCUT2D eigenvalue weighted by Gasteiger charge is -2.15. The van der Waals surface area contributed by atoms with E-state index < -0.39 is 0 Å². The van der Waals surface area contributed by atoms with Gasteiger partial charge in [-0.25, -0.2) is 0 Å². The minimum Gasteiger partial charge on any atom is -0.396 e. The van der Waals surface area contributed by atoms with Crippen LogP contribution < -0.4 is 0 Å². The van der Waals surface area contributed by atoms with Gasteiger partial charge in [0.2, 0.25) is 0 Å². The summed E-state index contributed by atoms with van der Waals surface area (Å²) < 4.78 is 5.15. The number of hydrogen-bond donors (Lipinski definition) is 2. The van der Waals surface area contributed by atoms with Gasteiger partial charge in [0, 0.05) is 13.2 Å². The molecule has 0 spiro atoms. The first-order valence-corrected chi connectivity index (χ1v) is 5.29. The Morgan fingerprint density at radius 2 is 1.71 bits per heavy atom. The number of ether oxygens (including phenoxy) is 1. The van der Waals surface area contributed by atoms with E-state index in [-0.39, 0.29) is 6.61 Å². The molecule has 14 heavy (non-hydrogen) atoms. The number of nitrogens with zero attached hydrogens (tertiary/aromatic N) is 1. The fourth-order valence-corrected chi connectivity index (χ4v) is 1.17. The van der Waals surface area contributed by atoms with Crippen molar-refractivity contribution in [1.29, 1.82) is 0 Å². The van der Waals surface area contributed by atoms with Gasteiger partial charge in [0.1, 0.15) is 0 Å². The Morgan fingerprint density at radius 1 is 0.929 bits per heavy atom. The quantitative estimate of drug-likeness (QED) is 0.496. The predicted octanol–water partition coefficient (Wildman–Crippen LogP) is 0.0897. The van der Waals surface area contributed by atoms with Crippen LogP contribution in [0.5, 0.6) is 0 Å². The highest BCUT2D eigenvalue weighted by Gasteiger charge is 1.97. The normalized spacial score (nSPS) is 11.1. The summed E-state index contributed by atoms with van der Waals surface area (Å²) in [4.78, 5) is 2.20. The zero-order chi connectivity index (χ0) is 10.6. The number of aliphatic hydroxyl groups excluding tert-OH is 2. The van der Waals surface area contributed by atoms with Crippen LogP contribution >= 0.6 is 0 Å². The van der Waals surface area contributed by atoms with Gasteiger partial charge in [0.05, 0.1) is 19.8 Å². The highest BCUT2D eigenvalue weighted by atomic mass is 16.5. The van der Waals surface area contributed by atoms with Crippen molar-refractivity contribution >= 4 is 0 Å². The molecule has 0 aliphatic heterocycles. The van der Waals surface area contributed by atoms with Gasteiger partial charge < -0.3 is 19.8 Å². The molecule has 0 amide bonds. The lowest BCUT2D eigenvalue weighted by Crippen LogP contribution is -2.24. The average molecular weight is 205 g/mol. The molecule has 4 nitrogen and oxygen atoms in total. The molecule has 4 heteroatoms. The Hall–Kier alpha value is -0.160. The summed E-state index contributed by atoms with van der Waals surface area (Å²) in [5, 5.41) is 17.0. The molecule has 0 atom stereocenters. The Labute approximate surface area is 86.5 Å². The number of aliphatic hydroxyl groups is 2. The van der Waals surface area contributed by atoms with Gasteiger partial charge in [-0.2, -0.15) is 0 Å². The van der Waals surface area contributed by atoms with Crippen LogP contribution in [0.4, 0.5) is 0 Å². The van der Waals surface area contributed by atoms with E-state index in [1.807, 2.05) is 0 Å². The molecular formula is C10H23NO3. The van der Waals surface area contributed by atoms with Crippen LogP contribution in [0.3, 0.4) is 0 Å². The molecule has 0 saturated heterocycles. The molecule has 0 aromatic carbocycles. The van der Waals surface area contributed by atoms with Crippen LogP contribution in [-0.2, 0) is 4.74 Å². The number of likely N-dealkylation sites (N-methyl/N-ethyl adjacent to an activating group) is 1. The topological polar surface area (TPSA) is 52.9 Å². The maximum Gasteiger partial charge on any atom is 0.0698 e. The molecule has 0 fully saturated rings. The maximum atomic E-state index is 8.57. The molecule has 0 rings (SSSR count). The van der Waals surface area contributed by atoms with Crippen LogP contribution in [0.2, 0.25) is 0 Å². The predicted molar refractivity (Wildman–Crippen MR) is 56.3 cm³/mol. The van der Waals surface area contributed by atoms with Crippen molar-refractivity contribution in [3.63, 3.8) is 0 Å². The summed E-state index contributed by atoms with van der Waals surface area (Å²) >= 11 is 0. The van der Waals surface area contributed by atoms with Crippen molar-refractivity contribution in [2.45, 2.75) is 19.3 Å². The monoisotopic (exact) mass is 205 g/mol. The molecular weight excluding hydrogens is 182 g/mol.